The van der Waals surface area contributed by atoms with Gasteiger partial charge in [0.1, 0.15) is 0 Å². The maximum absolute atomic E-state index is 11.2. The number of nitrogens with zero attached hydrogens (tertiary/aromatic N) is 1. The molecule has 2 aromatic rings. The Bertz CT molecular complexity index is 572. The Hall–Kier alpha value is -1.88. The maximum Gasteiger partial charge on any atom is 0.252 e. The molecule has 0 saturated heterocycles. The van der Waals surface area contributed by atoms with Gasteiger partial charge in [-0.1, -0.05) is 34.1 Å². The lowest BCUT2D eigenvalue weighted by Gasteiger charge is -2.10. The molecule has 0 aliphatic carbocycles. The summed E-state index contributed by atoms with van der Waals surface area (Å²) in [6, 6.07) is 9.62. The molecule has 1 amide bonds. The van der Waals surface area contributed by atoms with Crippen molar-refractivity contribution in [1.29, 1.82) is 0 Å². The Balaban J connectivity index is 2.16. The monoisotopic (exact) mass is 305 g/mol. The van der Waals surface area contributed by atoms with Crippen molar-refractivity contribution in [2.75, 3.05) is 5.32 Å². The normalized spacial score (nSPS) is 10.1. The number of carbonyl (C=O) groups is 1. The van der Waals surface area contributed by atoms with Crippen LogP contribution in [0.5, 0.6) is 0 Å². The van der Waals surface area contributed by atoms with Gasteiger partial charge in [0.15, 0.2) is 0 Å². The third-order valence-electron chi connectivity index (χ3n) is 2.51. The molecule has 0 spiro atoms. The SMILES string of the molecule is NC(=O)c1cnccc1NCc1ccccc1Br. The average Bonchev–Trinajstić information content (AvgIpc) is 2.38. The Morgan fingerprint density at radius 1 is 1.33 bits per heavy atom. The second kappa shape index (κ2) is 5.64. The van der Waals surface area contributed by atoms with Crippen LogP contribution in [0.15, 0.2) is 47.2 Å². The van der Waals surface area contributed by atoms with Gasteiger partial charge in [-0.3, -0.25) is 9.78 Å². The maximum atomic E-state index is 11.2. The van der Waals surface area contributed by atoms with Gasteiger partial charge in [-0.15, -0.1) is 0 Å². The van der Waals surface area contributed by atoms with Crippen molar-refractivity contribution >= 4 is 27.5 Å². The van der Waals surface area contributed by atoms with Gasteiger partial charge in [-0.05, 0) is 17.7 Å². The number of primary amides is 1. The molecule has 0 aliphatic heterocycles. The summed E-state index contributed by atoms with van der Waals surface area (Å²) < 4.78 is 1.02. The van der Waals surface area contributed by atoms with Crippen LogP contribution in [0, 0.1) is 0 Å². The van der Waals surface area contributed by atoms with E-state index in [1.807, 2.05) is 24.3 Å². The van der Waals surface area contributed by atoms with Crippen molar-refractivity contribution in [1.82, 2.24) is 4.98 Å². The summed E-state index contributed by atoms with van der Waals surface area (Å²) in [5.74, 6) is -0.488. The molecule has 5 heteroatoms. The third-order valence-corrected chi connectivity index (χ3v) is 3.29. The second-order valence-corrected chi connectivity index (χ2v) is 4.58. The first-order valence-electron chi connectivity index (χ1n) is 5.39. The number of nitrogens with one attached hydrogen (secondary N) is 1. The van der Waals surface area contributed by atoms with Crippen molar-refractivity contribution in [2.45, 2.75) is 6.54 Å². The summed E-state index contributed by atoms with van der Waals surface area (Å²) in [6.07, 6.45) is 3.08. The topological polar surface area (TPSA) is 68.0 Å². The predicted octanol–water partition coefficient (Wildman–Crippen LogP) is 2.56. The minimum Gasteiger partial charge on any atom is -0.380 e. The predicted molar refractivity (Wildman–Crippen MR) is 74.2 cm³/mol. The number of hydrogen-bond acceptors (Lipinski definition) is 3. The van der Waals surface area contributed by atoms with Crippen LogP contribution in [0.25, 0.3) is 0 Å². The molecular weight excluding hydrogens is 294 g/mol. The lowest BCUT2D eigenvalue weighted by molar-refractivity contribution is 0.100. The Kier molecular flexibility index (Phi) is 3.94. The van der Waals surface area contributed by atoms with E-state index in [1.54, 1.807) is 12.3 Å². The van der Waals surface area contributed by atoms with Gasteiger partial charge >= 0.3 is 0 Å². The van der Waals surface area contributed by atoms with E-state index in [0.29, 0.717) is 17.8 Å². The molecule has 0 radical (unpaired) electrons. The summed E-state index contributed by atoms with van der Waals surface area (Å²) in [5, 5.41) is 3.18. The lowest BCUT2D eigenvalue weighted by Crippen LogP contribution is -2.14. The summed E-state index contributed by atoms with van der Waals surface area (Å²) in [7, 11) is 0. The smallest absolute Gasteiger partial charge is 0.252 e. The van der Waals surface area contributed by atoms with E-state index >= 15 is 0 Å². The summed E-state index contributed by atoms with van der Waals surface area (Å²) in [6.45, 7) is 0.603. The first kappa shape index (κ1) is 12.6. The van der Waals surface area contributed by atoms with Crippen LogP contribution >= 0.6 is 15.9 Å². The summed E-state index contributed by atoms with van der Waals surface area (Å²) in [4.78, 5) is 15.1. The van der Waals surface area contributed by atoms with Crippen molar-refractivity contribution < 1.29 is 4.79 Å². The zero-order chi connectivity index (χ0) is 13.0. The number of nitrogens with two attached hydrogens (primary N) is 1. The van der Waals surface area contributed by atoms with Crippen molar-refractivity contribution in [2.24, 2.45) is 5.73 Å². The van der Waals surface area contributed by atoms with E-state index in [2.05, 4.69) is 26.2 Å². The molecule has 0 saturated carbocycles. The van der Waals surface area contributed by atoms with E-state index in [9.17, 15) is 4.79 Å². The van der Waals surface area contributed by atoms with Crippen molar-refractivity contribution in [3.05, 3.63) is 58.3 Å². The van der Waals surface area contributed by atoms with Gasteiger partial charge in [0.25, 0.3) is 5.91 Å². The first-order chi connectivity index (χ1) is 8.68. The fraction of sp³-hybridized carbons (Fsp3) is 0.0769. The molecule has 0 unspecified atom stereocenters. The van der Waals surface area contributed by atoms with E-state index in [-0.39, 0.29) is 0 Å². The number of anilines is 1. The quantitative estimate of drug-likeness (QED) is 0.912. The fourth-order valence-corrected chi connectivity index (χ4v) is 2.00. The standard InChI is InChI=1S/C13H12BrN3O/c14-11-4-2-1-3-9(11)7-17-12-5-6-16-8-10(12)13(15)18/h1-6,8H,7H2,(H2,15,18)(H,16,17). The van der Waals surface area contributed by atoms with Crippen LogP contribution in [-0.2, 0) is 6.54 Å². The number of amides is 1. The zero-order valence-electron chi connectivity index (χ0n) is 9.56. The first-order valence-corrected chi connectivity index (χ1v) is 6.19. The Labute approximate surface area is 113 Å². The van der Waals surface area contributed by atoms with Gasteiger partial charge < -0.3 is 11.1 Å². The second-order valence-electron chi connectivity index (χ2n) is 3.73. The lowest BCUT2D eigenvalue weighted by atomic mass is 10.2. The van der Waals surface area contributed by atoms with Gasteiger partial charge in [-0.25, -0.2) is 0 Å². The van der Waals surface area contributed by atoms with E-state index in [0.717, 1.165) is 10.0 Å². The van der Waals surface area contributed by atoms with Crippen LogP contribution in [0.2, 0.25) is 0 Å². The molecule has 0 aliphatic rings. The minimum atomic E-state index is -0.488. The van der Waals surface area contributed by atoms with Crippen LogP contribution in [-0.4, -0.2) is 10.9 Å². The number of carbonyl (C=O) groups excluding carboxylic acids is 1. The summed E-state index contributed by atoms with van der Waals surface area (Å²) >= 11 is 3.47. The zero-order valence-corrected chi connectivity index (χ0v) is 11.1. The number of benzene rings is 1. The van der Waals surface area contributed by atoms with Gasteiger partial charge in [0.05, 0.1) is 11.3 Å². The van der Waals surface area contributed by atoms with Gasteiger partial charge in [0.2, 0.25) is 0 Å². The molecule has 1 heterocycles. The molecule has 1 aromatic heterocycles. The van der Waals surface area contributed by atoms with E-state index in [4.69, 9.17) is 5.73 Å². The number of pyridine rings is 1. The molecule has 92 valence electrons. The highest BCUT2D eigenvalue weighted by molar-refractivity contribution is 9.10. The number of hydrogen-bond donors (Lipinski definition) is 2. The van der Waals surface area contributed by atoms with Crippen LogP contribution in [0.1, 0.15) is 15.9 Å². The summed E-state index contributed by atoms with van der Waals surface area (Å²) in [5.41, 5.74) is 7.47. The fourth-order valence-electron chi connectivity index (χ4n) is 1.58. The highest BCUT2D eigenvalue weighted by atomic mass is 79.9. The highest BCUT2D eigenvalue weighted by Gasteiger charge is 2.07. The van der Waals surface area contributed by atoms with E-state index < -0.39 is 5.91 Å². The van der Waals surface area contributed by atoms with E-state index in [1.165, 1.54) is 6.20 Å². The van der Waals surface area contributed by atoms with Crippen molar-refractivity contribution in [3.8, 4) is 0 Å². The van der Waals surface area contributed by atoms with Crippen LogP contribution in [0.4, 0.5) is 5.69 Å². The molecule has 0 atom stereocenters. The molecule has 18 heavy (non-hydrogen) atoms. The molecule has 4 nitrogen and oxygen atoms in total. The molecular formula is C13H12BrN3O. The largest absolute Gasteiger partial charge is 0.380 e. The Morgan fingerprint density at radius 2 is 2.11 bits per heavy atom. The number of rotatable bonds is 4. The van der Waals surface area contributed by atoms with Crippen LogP contribution < -0.4 is 11.1 Å². The minimum absolute atomic E-state index is 0.393. The van der Waals surface area contributed by atoms with Gasteiger partial charge in [-0.2, -0.15) is 0 Å². The highest BCUT2D eigenvalue weighted by Crippen LogP contribution is 2.19. The molecule has 0 fully saturated rings. The van der Waals surface area contributed by atoms with Crippen molar-refractivity contribution in [3.63, 3.8) is 0 Å². The number of halogens is 1. The average molecular weight is 306 g/mol. The molecule has 0 bridgehead atoms. The molecule has 1 aromatic carbocycles. The molecule has 2 rings (SSSR count). The third kappa shape index (κ3) is 2.87. The number of aromatic nitrogens is 1. The van der Waals surface area contributed by atoms with Crippen LogP contribution in [0.3, 0.4) is 0 Å². The van der Waals surface area contributed by atoms with Gasteiger partial charge in [0, 0.05) is 23.4 Å². The molecule has 3 N–H and O–H groups in total. The Morgan fingerprint density at radius 3 is 2.83 bits per heavy atom.